The average Bonchev–Trinajstić information content (AvgIpc) is 2.08. The highest BCUT2D eigenvalue weighted by Crippen LogP contribution is 2.44. The lowest BCUT2D eigenvalue weighted by atomic mass is 9.65. The Morgan fingerprint density at radius 2 is 2.13 bits per heavy atom. The zero-order valence-electron chi connectivity index (χ0n) is 7.83. The lowest BCUT2D eigenvalue weighted by molar-refractivity contribution is -0.147. The molecule has 0 unspecified atom stereocenters. The van der Waals surface area contributed by atoms with E-state index in [4.69, 9.17) is 23.2 Å². The summed E-state index contributed by atoms with van der Waals surface area (Å²) in [6.07, 6.45) is 3.71. The second kappa shape index (κ2) is 3.65. The van der Waals surface area contributed by atoms with Crippen LogP contribution < -0.4 is 0 Å². The molecule has 0 bridgehead atoms. The first-order valence-corrected chi connectivity index (χ1v) is 5.37. The predicted molar refractivity (Wildman–Crippen MR) is 57.4 cm³/mol. The Labute approximate surface area is 97.0 Å². The lowest BCUT2D eigenvalue weighted by Crippen LogP contribution is -2.42. The van der Waals surface area contributed by atoms with E-state index in [9.17, 15) is 9.90 Å². The summed E-state index contributed by atoms with van der Waals surface area (Å²) in [5.41, 5.74) is -0.142. The summed E-state index contributed by atoms with van der Waals surface area (Å²) in [5.74, 6) is -0.811. The SMILES string of the molecule is O=C(O)C1(c2cnc(Cl)c(Cl)c2)CCC1. The van der Waals surface area contributed by atoms with Gasteiger partial charge in [0.2, 0.25) is 0 Å². The van der Waals surface area contributed by atoms with Crippen molar-refractivity contribution in [3.63, 3.8) is 0 Å². The number of carbonyl (C=O) groups is 1. The van der Waals surface area contributed by atoms with Gasteiger partial charge in [-0.05, 0) is 24.5 Å². The minimum atomic E-state index is -0.811. The van der Waals surface area contributed by atoms with Gasteiger partial charge in [-0.1, -0.05) is 29.6 Å². The van der Waals surface area contributed by atoms with Crippen LogP contribution in [0.2, 0.25) is 10.2 Å². The number of halogens is 2. The Kier molecular flexibility index (Phi) is 2.61. The zero-order valence-corrected chi connectivity index (χ0v) is 9.35. The van der Waals surface area contributed by atoms with E-state index < -0.39 is 11.4 Å². The molecule has 0 aliphatic heterocycles. The van der Waals surface area contributed by atoms with E-state index in [2.05, 4.69) is 4.98 Å². The molecule has 1 fully saturated rings. The number of nitrogens with zero attached hydrogens (tertiary/aromatic N) is 1. The largest absolute Gasteiger partial charge is 0.481 e. The van der Waals surface area contributed by atoms with Gasteiger partial charge in [0.25, 0.3) is 0 Å². The molecule has 15 heavy (non-hydrogen) atoms. The van der Waals surface area contributed by atoms with E-state index in [0.29, 0.717) is 23.4 Å². The molecule has 0 radical (unpaired) electrons. The summed E-state index contributed by atoms with van der Waals surface area (Å²) < 4.78 is 0. The molecule has 0 atom stereocenters. The monoisotopic (exact) mass is 245 g/mol. The third-order valence-electron chi connectivity index (χ3n) is 2.97. The summed E-state index contributed by atoms with van der Waals surface area (Å²) in [4.78, 5) is 15.1. The van der Waals surface area contributed by atoms with Crippen LogP contribution in [0.1, 0.15) is 24.8 Å². The molecule has 1 N–H and O–H groups in total. The van der Waals surface area contributed by atoms with Crippen molar-refractivity contribution in [3.05, 3.63) is 28.0 Å². The van der Waals surface area contributed by atoms with Gasteiger partial charge in [0, 0.05) is 6.20 Å². The summed E-state index contributed by atoms with van der Waals surface area (Å²) in [6, 6.07) is 1.60. The van der Waals surface area contributed by atoms with Crippen LogP contribution in [-0.2, 0) is 10.2 Å². The molecule has 5 heteroatoms. The van der Waals surface area contributed by atoms with Crippen LogP contribution in [0, 0.1) is 0 Å². The molecule has 0 aromatic carbocycles. The fraction of sp³-hybridized carbons (Fsp3) is 0.400. The zero-order chi connectivity index (χ0) is 11.1. The lowest BCUT2D eigenvalue weighted by Gasteiger charge is -2.37. The first kappa shape index (κ1) is 10.7. The van der Waals surface area contributed by atoms with Gasteiger partial charge in [0.1, 0.15) is 5.15 Å². The molecular formula is C10H9Cl2NO2. The normalized spacial score (nSPS) is 18.3. The molecule has 0 saturated heterocycles. The number of hydrogen-bond acceptors (Lipinski definition) is 2. The van der Waals surface area contributed by atoms with Crippen LogP contribution >= 0.6 is 23.2 Å². The number of carboxylic acids is 1. The maximum atomic E-state index is 11.2. The third-order valence-corrected chi connectivity index (χ3v) is 3.65. The van der Waals surface area contributed by atoms with Gasteiger partial charge in [-0.15, -0.1) is 0 Å². The Balaban J connectivity index is 2.44. The van der Waals surface area contributed by atoms with Crippen LogP contribution in [0.3, 0.4) is 0 Å². The standard InChI is InChI=1S/C10H9Cl2NO2/c11-7-4-6(5-13-8(7)12)10(9(14)15)2-1-3-10/h4-5H,1-3H2,(H,14,15). The summed E-state index contributed by atoms with van der Waals surface area (Å²) in [7, 11) is 0. The first-order chi connectivity index (χ1) is 7.06. The molecule has 1 aliphatic rings. The van der Waals surface area contributed by atoms with Crippen molar-refractivity contribution in [3.8, 4) is 0 Å². The van der Waals surface area contributed by atoms with E-state index in [1.54, 1.807) is 6.07 Å². The van der Waals surface area contributed by atoms with Gasteiger partial charge >= 0.3 is 5.97 Å². The fourth-order valence-corrected chi connectivity index (χ4v) is 2.11. The molecule has 1 aromatic heterocycles. The minimum absolute atomic E-state index is 0.209. The highest BCUT2D eigenvalue weighted by Gasteiger charge is 2.46. The van der Waals surface area contributed by atoms with Crippen LogP contribution in [0.5, 0.6) is 0 Å². The summed E-state index contributed by atoms with van der Waals surface area (Å²) >= 11 is 11.5. The van der Waals surface area contributed by atoms with E-state index >= 15 is 0 Å². The third kappa shape index (κ3) is 1.60. The number of aromatic nitrogens is 1. The van der Waals surface area contributed by atoms with Crippen molar-refractivity contribution >= 4 is 29.2 Å². The Morgan fingerprint density at radius 1 is 1.47 bits per heavy atom. The molecule has 0 amide bonds. The Morgan fingerprint density at radius 3 is 2.53 bits per heavy atom. The molecule has 0 spiro atoms. The number of carboxylic acid groups (broad SMARTS) is 1. The molecular weight excluding hydrogens is 237 g/mol. The Bertz CT molecular complexity index is 416. The first-order valence-electron chi connectivity index (χ1n) is 4.61. The van der Waals surface area contributed by atoms with Crippen molar-refractivity contribution in [1.29, 1.82) is 0 Å². The molecule has 80 valence electrons. The van der Waals surface area contributed by atoms with Gasteiger partial charge in [-0.3, -0.25) is 4.79 Å². The van der Waals surface area contributed by atoms with Gasteiger partial charge in [0.15, 0.2) is 0 Å². The second-order valence-electron chi connectivity index (χ2n) is 3.74. The van der Waals surface area contributed by atoms with Crippen molar-refractivity contribution in [2.75, 3.05) is 0 Å². The highest BCUT2D eigenvalue weighted by molar-refractivity contribution is 6.41. The maximum Gasteiger partial charge on any atom is 0.314 e. The molecule has 3 nitrogen and oxygen atoms in total. The maximum absolute atomic E-state index is 11.2. The topological polar surface area (TPSA) is 50.2 Å². The van der Waals surface area contributed by atoms with E-state index in [0.717, 1.165) is 6.42 Å². The van der Waals surface area contributed by atoms with Crippen molar-refractivity contribution < 1.29 is 9.90 Å². The summed E-state index contributed by atoms with van der Waals surface area (Å²) in [5, 5.41) is 9.71. The van der Waals surface area contributed by atoms with Crippen LogP contribution in [-0.4, -0.2) is 16.1 Å². The number of rotatable bonds is 2. The van der Waals surface area contributed by atoms with Crippen molar-refractivity contribution in [1.82, 2.24) is 4.98 Å². The molecule has 1 aromatic rings. The van der Waals surface area contributed by atoms with Gasteiger partial charge < -0.3 is 5.11 Å². The Hall–Kier alpha value is -0.800. The van der Waals surface area contributed by atoms with Crippen LogP contribution in [0.4, 0.5) is 0 Å². The van der Waals surface area contributed by atoms with E-state index in [1.807, 2.05) is 0 Å². The molecule has 1 heterocycles. The van der Waals surface area contributed by atoms with E-state index in [-0.39, 0.29) is 5.15 Å². The predicted octanol–water partition coefficient (Wildman–Crippen LogP) is 2.89. The second-order valence-corrected chi connectivity index (χ2v) is 4.50. The molecule has 1 aliphatic carbocycles. The van der Waals surface area contributed by atoms with Crippen LogP contribution in [0.25, 0.3) is 0 Å². The van der Waals surface area contributed by atoms with Gasteiger partial charge in [0.05, 0.1) is 10.4 Å². The van der Waals surface area contributed by atoms with E-state index in [1.165, 1.54) is 6.20 Å². The smallest absolute Gasteiger partial charge is 0.314 e. The van der Waals surface area contributed by atoms with Crippen LogP contribution in [0.15, 0.2) is 12.3 Å². The molecule has 1 saturated carbocycles. The number of hydrogen-bond donors (Lipinski definition) is 1. The minimum Gasteiger partial charge on any atom is -0.481 e. The van der Waals surface area contributed by atoms with Gasteiger partial charge in [-0.25, -0.2) is 4.98 Å². The fourth-order valence-electron chi connectivity index (χ4n) is 1.84. The number of pyridine rings is 1. The van der Waals surface area contributed by atoms with Crippen molar-refractivity contribution in [2.45, 2.75) is 24.7 Å². The highest BCUT2D eigenvalue weighted by atomic mass is 35.5. The average molecular weight is 246 g/mol. The molecule has 2 rings (SSSR count). The quantitative estimate of drug-likeness (QED) is 0.816. The van der Waals surface area contributed by atoms with Gasteiger partial charge in [-0.2, -0.15) is 0 Å². The number of aliphatic carboxylic acids is 1. The van der Waals surface area contributed by atoms with Crippen molar-refractivity contribution in [2.24, 2.45) is 0 Å². The summed E-state index contributed by atoms with van der Waals surface area (Å²) in [6.45, 7) is 0.